The highest BCUT2D eigenvalue weighted by Crippen LogP contribution is 2.32. The normalized spacial score (nSPS) is 14.8. The van der Waals surface area contributed by atoms with Gasteiger partial charge in [0.2, 0.25) is 5.91 Å². The summed E-state index contributed by atoms with van der Waals surface area (Å²) in [6, 6.07) is 5.97. The number of aliphatic hydroxyl groups excluding tert-OH is 1. The summed E-state index contributed by atoms with van der Waals surface area (Å²) >= 11 is 6.42. The summed E-state index contributed by atoms with van der Waals surface area (Å²) in [7, 11) is 0. The van der Waals surface area contributed by atoms with E-state index in [0.29, 0.717) is 0 Å². The van der Waals surface area contributed by atoms with E-state index in [0.717, 1.165) is 34.9 Å². The summed E-state index contributed by atoms with van der Waals surface area (Å²) in [6.07, 6.45) is 2.00. The second-order valence-electron chi connectivity index (χ2n) is 7.53. The number of amides is 1. The van der Waals surface area contributed by atoms with Crippen molar-refractivity contribution in [3.8, 4) is 0 Å². The van der Waals surface area contributed by atoms with E-state index in [-0.39, 0.29) is 17.9 Å². The molecule has 1 aromatic rings. The molecule has 0 heterocycles. The molecule has 0 bridgehead atoms. The highest BCUT2D eigenvalue weighted by Gasteiger charge is 2.28. The number of aliphatic hydroxyl groups is 1. The first-order valence-corrected chi connectivity index (χ1v) is 8.47. The van der Waals surface area contributed by atoms with Crippen molar-refractivity contribution in [3.05, 3.63) is 40.3 Å². The van der Waals surface area contributed by atoms with Gasteiger partial charge in [0.05, 0.1) is 0 Å². The van der Waals surface area contributed by atoms with E-state index < -0.39 is 11.8 Å². The lowest BCUT2D eigenvalue weighted by atomic mass is 9.79. The lowest BCUT2D eigenvalue weighted by Gasteiger charge is -2.26. The van der Waals surface area contributed by atoms with Gasteiger partial charge >= 0.3 is 0 Å². The van der Waals surface area contributed by atoms with Gasteiger partial charge in [0.1, 0.15) is 0 Å². The van der Waals surface area contributed by atoms with Gasteiger partial charge in [-0.3, -0.25) is 4.79 Å². The minimum absolute atomic E-state index is 0.112. The van der Waals surface area contributed by atoms with Crippen LogP contribution in [0.1, 0.15) is 52.2 Å². The number of primary amides is 1. The molecule has 3 nitrogen and oxygen atoms in total. The number of benzene rings is 1. The molecule has 4 heteroatoms. The molecule has 0 aliphatic rings. The molecule has 0 saturated carbocycles. The lowest BCUT2D eigenvalue weighted by molar-refractivity contribution is -0.123. The lowest BCUT2D eigenvalue weighted by Crippen LogP contribution is -2.33. The number of rotatable bonds is 7. The average molecular weight is 339 g/mol. The molecule has 0 aromatic heterocycles. The summed E-state index contributed by atoms with van der Waals surface area (Å²) in [6.45, 7) is 10.2. The zero-order chi connectivity index (χ0) is 17.8. The summed E-state index contributed by atoms with van der Waals surface area (Å²) in [5, 5.41) is 10.3. The third-order valence-corrected chi connectivity index (χ3v) is 4.81. The van der Waals surface area contributed by atoms with Crippen LogP contribution in [0.15, 0.2) is 18.2 Å². The Balaban J connectivity index is 2.93. The molecule has 1 unspecified atom stereocenters. The molecule has 1 rings (SSSR count). The largest absolute Gasteiger partial charge is 0.396 e. The molecule has 23 heavy (non-hydrogen) atoms. The molecular weight excluding hydrogens is 310 g/mol. The van der Waals surface area contributed by atoms with Gasteiger partial charge in [0.15, 0.2) is 0 Å². The third-order valence-electron chi connectivity index (χ3n) is 4.46. The topological polar surface area (TPSA) is 63.3 Å². The Hall–Kier alpha value is -1.06. The van der Waals surface area contributed by atoms with E-state index in [1.165, 1.54) is 0 Å². The second-order valence-corrected chi connectivity index (χ2v) is 7.94. The summed E-state index contributed by atoms with van der Waals surface area (Å²) in [5.74, 6) is -0.178. The van der Waals surface area contributed by atoms with Crippen LogP contribution < -0.4 is 5.73 Å². The van der Waals surface area contributed by atoms with Crippen molar-refractivity contribution in [2.75, 3.05) is 6.61 Å². The molecule has 0 spiro atoms. The van der Waals surface area contributed by atoms with E-state index in [2.05, 4.69) is 20.8 Å². The van der Waals surface area contributed by atoms with Crippen LogP contribution in [0.4, 0.5) is 0 Å². The SMILES string of the molecule is C[C](c1ccc(CCC(C)(C)C)c(Cl)c1)[C@@H](CO)C(C)C(N)=O. The maximum absolute atomic E-state index is 11.4. The molecule has 129 valence electrons. The van der Waals surface area contributed by atoms with Gasteiger partial charge in [0.25, 0.3) is 0 Å². The van der Waals surface area contributed by atoms with Crippen LogP contribution in [0, 0.1) is 23.2 Å². The number of halogens is 1. The molecule has 3 N–H and O–H groups in total. The molecule has 1 aromatic carbocycles. The van der Waals surface area contributed by atoms with Crippen LogP contribution in [0.3, 0.4) is 0 Å². The number of nitrogens with two attached hydrogens (primary N) is 1. The van der Waals surface area contributed by atoms with Gasteiger partial charge in [-0.2, -0.15) is 0 Å². The van der Waals surface area contributed by atoms with Crippen molar-refractivity contribution in [1.29, 1.82) is 0 Å². The smallest absolute Gasteiger partial charge is 0.220 e. The minimum Gasteiger partial charge on any atom is -0.396 e. The van der Waals surface area contributed by atoms with Crippen molar-refractivity contribution < 1.29 is 9.90 Å². The second kappa shape index (κ2) is 8.16. The fourth-order valence-corrected chi connectivity index (χ4v) is 2.86. The number of hydrogen-bond donors (Lipinski definition) is 2. The summed E-state index contributed by atoms with van der Waals surface area (Å²) in [5.41, 5.74) is 7.71. The molecule has 0 saturated heterocycles. The Morgan fingerprint density at radius 3 is 2.39 bits per heavy atom. The van der Waals surface area contributed by atoms with Gasteiger partial charge in [0, 0.05) is 29.4 Å². The van der Waals surface area contributed by atoms with E-state index >= 15 is 0 Å². The minimum atomic E-state index is -0.417. The van der Waals surface area contributed by atoms with Gasteiger partial charge in [-0.05, 0) is 35.4 Å². The predicted octanol–water partition coefficient (Wildman–Crippen LogP) is 3.99. The molecule has 1 amide bonds. The highest BCUT2D eigenvalue weighted by atomic mass is 35.5. The van der Waals surface area contributed by atoms with Crippen molar-refractivity contribution in [2.24, 2.45) is 23.0 Å². The van der Waals surface area contributed by atoms with Gasteiger partial charge in [-0.15, -0.1) is 0 Å². The van der Waals surface area contributed by atoms with Gasteiger partial charge in [-0.25, -0.2) is 0 Å². The number of carbonyl (C=O) groups excluding carboxylic acids is 1. The Labute approximate surface area is 145 Å². The highest BCUT2D eigenvalue weighted by molar-refractivity contribution is 6.31. The Morgan fingerprint density at radius 1 is 1.35 bits per heavy atom. The molecule has 2 atom stereocenters. The van der Waals surface area contributed by atoms with E-state index in [1.807, 2.05) is 25.1 Å². The Morgan fingerprint density at radius 2 is 1.96 bits per heavy atom. The first-order chi connectivity index (χ1) is 10.6. The number of aryl methyl sites for hydroxylation is 1. The predicted molar refractivity (Wildman–Crippen MR) is 96.2 cm³/mol. The van der Waals surface area contributed by atoms with Gasteiger partial charge in [-0.1, -0.05) is 58.4 Å². The fraction of sp³-hybridized carbons (Fsp3) is 0.579. The molecule has 0 aliphatic carbocycles. The standard InChI is InChI=1S/C19H29ClNO2/c1-12(16(11-22)13(2)18(21)23)15-7-6-14(17(20)10-15)8-9-19(3,4)5/h6-7,10,13,16,22H,8-9,11H2,1-5H3,(H2,21,23)/t13?,16-/m1/s1. The van der Waals surface area contributed by atoms with Crippen LogP contribution in [0.5, 0.6) is 0 Å². The summed E-state index contributed by atoms with van der Waals surface area (Å²) < 4.78 is 0. The molecule has 0 aliphatic heterocycles. The maximum Gasteiger partial charge on any atom is 0.220 e. The van der Waals surface area contributed by atoms with Gasteiger partial charge < -0.3 is 10.8 Å². The van der Waals surface area contributed by atoms with Crippen LogP contribution in [-0.4, -0.2) is 17.6 Å². The van der Waals surface area contributed by atoms with Crippen LogP contribution >= 0.6 is 11.6 Å². The van der Waals surface area contributed by atoms with Crippen molar-refractivity contribution in [2.45, 2.75) is 47.5 Å². The quantitative estimate of drug-likeness (QED) is 0.789. The van der Waals surface area contributed by atoms with Crippen molar-refractivity contribution in [1.82, 2.24) is 0 Å². The van der Waals surface area contributed by atoms with Crippen LogP contribution in [0.25, 0.3) is 0 Å². The summed E-state index contributed by atoms with van der Waals surface area (Å²) in [4.78, 5) is 11.4. The maximum atomic E-state index is 11.4. The van der Waals surface area contributed by atoms with Crippen molar-refractivity contribution >= 4 is 17.5 Å². The van der Waals surface area contributed by atoms with E-state index in [4.69, 9.17) is 17.3 Å². The first-order valence-electron chi connectivity index (χ1n) is 8.09. The van der Waals surface area contributed by atoms with Crippen LogP contribution in [-0.2, 0) is 11.2 Å². The zero-order valence-electron chi connectivity index (χ0n) is 14.8. The first kappa shape index (κ1) is 20.0. The number of carbonyl (C=O) groups is 1. The fourth-order valence-electron chi connectivity index (χ4n) is 2.59. The monoisotopic (exact) mass is 338 g/mol. The third kappa shape index (κ3) is 5.82. The molecular formula is C19H29ClNO2. The molecule has 1 radical (unpaired) electrons. The van der Waals surface area contributed by atoms with Crippen LogP contribution in [0.2, 0.25) is 5.02 Å². The number of hydrogen-bond acceptors (Lipinski definition) is 2. The zero-order valence-corrected chi connectivity index (χ0v) is 15.6. The van der Waals surface area contributed by atoms with E-state index in [1.54, 1.807) is 6.92 Å². The Bertz CT molecular complexity index is 537. The van der Waals surface area contributed by atoms with E-state index in [9.17, 15) is 9.90 Å². The molecule has 0 fully saturated rings. The average Bonchev–Trinajstić information content (AvgIpc) is 2.45. The van der Waals surface area contributed by atoms with Crippen molar-refractivity contribution in [3.63, 3.8) is 0 Å². The Kier molecular flexibility index (Phi) is 7.09.